The second-order valence-electron chi connectivity index (χ2n) is 4.69. The van der Waals surface area contributed by atoms with Gasteiger partial charge in [-0.05, 0) is 12.1 Å². The lowest BCUT2D eigenvalue weighted by molar-refractivity contribution is 0.438. The van der Waals surface area contributed by atoms with Gasteiger partial charge in [0.15, 0.2) is 5.82 Å². The highest BCUT2D eigenvalue weighted by atomic mass is 35.5. The van der Waals surface area contributed by atoms with Crippen molar-refractivity contribution in [2.75, 3.05) is 24.6 Å². The highest BCUT2D eigenvalue weighted by Gasteiger charge is 2.25. The molecule has 21 heavy (non-hydrogen) atoms. The van der Waals surface area contributed by atoms with Crippen molar-refractivity contribution >= 4 is 46.6 Å². The van der Waals surface area contributed by atoms with E-state index >= 15 is 0 Å². The minimum atomic E-state index is 0.285. The van der Waals surface area contributed by atoms with Gasteiger partial charge < -0.3 is 16.8 Å². The standard InChI is InChI=1S/C13H13Cl2N5S/c14-7-2-1-3-8(9(7)15)21-13-12(17)20-11(16)10(19-13)6-4-18-5-6/h1-3,6,18H,4-5H2,(H4,16,17,20). The summed E-state index contributed by atoms with van der Waals surface area (Å²) in [6, 6.07) is 5.42. The lowest BCUT2D eigenvalue weighted by atomic mass is 9.99. The number of rotatable bonds is 3. The zero-order valence-corrected chi connectivity index (χ0v) is 13.3. The van der Waals surface area contributed by atoms with Crippen LogP contribution in [0.5, 0.6) is 0 Å². The van der Waals surface area contributed by atoms with Crippen molar-refractivity contribution in [2.45, 2.75) is 15.8 Å². The molecule has 5 nitrogen and oxygen atoms in total. The molecule has 5 N–H and O–H groups in total. The second-order valence-corrected chi connectivity index (χ2v) is 6.51. The quantitative estimate of drug-likeness (QED) is 0.795. The van der Waals surface area contributed by atoms with Gasteiger partial charge in [0, 0.05) is 23.9 Å². The van der Waals surface area contributed by atoms with Crippen LogP contribution < -0.4 is 16.8 Å². The number of nitrogens with two attached hydrogens (primary N) is 2. The van der Waals surface area contributed by atoms with E-state index in [9.17, 15) is 0 Å². The van der Waals surface area contributed by atoms with Crippen LogP contribution in [0.1, 0.15) is 11.6 Å². The monoisotopic (exact) mass is 341 g/mol. The number of nitrogen functional groups attached to an aromatic ring is 2. The van der Waals surface area contributed by atoms with Gasteiger partial charge in [-0.1, -0.05) is 41.0 Å². The first-order valence-corrected chi connectivity index (χ1v) is 7.89. The number of anilines is 2. The van der Waals surface area contributed by atoms with E-state index in [4.69, 9.17) is 34.7 Å². The molecule has 0 unspecified atom stereocenters. The van der Waals surface area contributed by atoms with E-state index in [1.165, 1.54) is 11.8 Å². The van der Waals surface area contributed by atoms with E-state index in [0.717, 1.165) is 23.7 Å². The molecular formula is C13H13Cl2N5S. The van der Waals surface area contributed by atoms with Gasteiger partial charge in [-0.15, -0.1) is 0 Å². The Labute approximate surface area is 136 Å². The summed E-state index contributed by atoms with van der Waals surface area (Å²) in [5.41, 5.74) is 12.6. The summed E-state index contributed by atoms with van der Waals surface area (Å²) in [7, 11) is 0. The molecular weight excluding hydrogens is 329 g/mol. The van der Waals surface area contributed by atoms with Crippen LogP contribution in [0.25, 0.3) is 0 Å². The Balaban J connectivity index is 1.96. The first kappa shape index (κ1) is 14.7. The van der Waals surface area contributed by atoms with Gasteiger partial charge in [-0.25, -0.2) is 9.97 Å². The minimum absolute atomic E-state index is 0.285. The van der Waals surface area contributed by atoms with Crippen molar-refractivity contribution in [1.82, 2.24) is 15.3 Å². The maximum Gasteiger partial charge on any atom is 0.158 e. The molecule has 110 valence electrons. The Morgan fingerprint density at radius 2 is 1.90 bits per heavy atom. The maximum absolute atomic E-state index is 6.19. The average Bonchev–Trinajstić information content (AvgIpc) is 2.38. The van der Waals surface area contributed by atoms with Gasteiger partial charge in [0.1, 0.15) is 10.8 Å². The Kier molecular flexibility index (Phi) is 4.12. The Hall–Kier alpha value is -1.21. The van der Waals surface area contributed by atoms with Gasteiger partial charge in [0.25, 0.3) is 0 Å². The summed E-state index contributed by atoms with van der Waals surface area (Å²) < 4.78 is 0. The summed E-state index contributed by atoms with van der Waals surface area (Å²) >= 11 is 13.5. The third-order valence-electron chi connectivity index (χ3n) is 3.24. The van der Waals surface area contributed by atoms with E-state index in [1.54, 1.807) is 6.07 Å². The molecule has 1 aliphatic rings. The molecule has 0 amide bonds. The SMILES string of the molecule is Nc1nc(N)c(C2CNC2)nc1Sc1cccc(Cl)c1Cl. The Bertz CT molecular complexity index is 691. The molecule has 8 heteroatoms. The van der Waals surface area contributed by atoms with E-state index < -0.39 is 0 Å². The summed E-state index contributed by atoms with van der Waals surface area (Å²) in [4.78, 5) is 9.55. The molecule has 0 atom stereocenters. The predicted molar refractivity (Wildman–Crippen MR) is 87.1 cm³/mol. The van der Waals surface area contributed by atoms with Crippen LogP contribution in [0.4, 0.5) is 11.6 Å². The van der Waals surface area contributed by atoms with Gasteiger partial charge >= 0.3 is 0 Å². The van der Waals surface area contributed by atoms with Crippen molar-refractivity contribution < 1.29 is 0 Å². The molecule has 1 aliphatic heterocycles. The minimum Gasteiger partial charge on any atom is -0.382 e. The van der Waals surface area contributed by atoms with Gasteiger partial charge in [-0.3, -0.25) is 0 Å². The highest BCUT2D eigenvalue weighted by molar-refractivity contribution is 7.99. The highest BCUT2D eigenvalue weighted by Crippen LogP contribution is 2.39. The van der Waals surface area contributed by atoms with Gasteiger partial charge in [-0.2, -0.15) is 0 Å². The fraction of sp³-hybridized carbons (Fsp3) is 0.231. The zero-order valence-electron chi connectivity index (χ0n) is 10.9. The van der Waals surface area contributed by atoms with E-state index in [-0.39, 0.29) is 5.92 Å². The van der Waals surface area contributed by atoms with Crippen LogP contribution in [0.15, 0.2) is 28.1 Å². The molecule has 0 aliphatic carbocycles. The number of nitrogens with zero attached hydrogens (tertiary/aromatic N) is 2. The molecule has 3 rings (SSSR count). The van der Waals surface area contributed by atoms with Gasteiger partial charge in [0.2, 0.25) is 0 Å². The molecule has 1 aromatic heterocycles. The van der Waals surface area contributed by atoms with Crippen molar-refractivity contribution in [3.63, 3.8) is 0 Å². The molecule has 0 bridgehead atoms. The first-order chi connectivity index (χ1) is 10.1. The summed E-state index contributed by atoms with van der Waals surface area (Å²) in [5.74, 6) is 0.970. The number of hydrogen-bond acceptors (Lipinski definition) is 6. The number of nitrogens with one attached hydrogen (secondary N) is 1. The van der Waals surface area contributed by atoms with Crippen molar-refractivity contribution in [3.05, 3.63) is 33.9 Å². The second kappa shape index (κ2) is 5.88. The average molecular weight is 342 g/mol. The molecule has 0 radical (unpaired) electrons. The lowest BCUT2D eigenvalue weighted by Gasteiger charge is -2.27. The summed E-state index contributed by atoms with van der Waals surface area (Å²) in [6.07, 6.45) is 0. The summed E-state index contributed by atoms with van der Waals surface area (Å²) in [5, 5.41) is 4.75. The Morgan fingerprint density at radius 3 is 2.57 bits per heavy atom. The molecule has 2 heterocycles. The molecule has 2 aromatic rings. The van der Waals surface area contributed by atoms with Crippen LogP contribution in [0, 0.1) is 0 Å². The lowest BCUT2D eigenvalue weighted by Crippen LogP contribution is -2.41. The normalized spacial score (nSPS) is 15.0. The maximum atomic E-state index is 6.19. The van der Waals surface area contributed by atoms with Crippen LogP contribution in [-0.2, 0) is 0 Å². The van der Waals surface area contributed by atoms with Gasteiger partial charge in [0.05, 0.1) is 15.7 Å². The van der Waals surface area contributed by atoms with Crippen molar-refractivity contribution in [2.24, 2.45) is 0 Å². The fourth-order valence-electron chi connectivity index (χ4n) is 1.98. The molecule has 0 saturated carbocycles. The van der Waals surface area contributed by atoms with E-state index in [1.807, 2.05) is 12.1 Å². The number of halogens is 2. The predicted octanol–water partition coefficient (Wildman–Crippen LogP) is 2.79. The topological polar surface area (TPSA) is 89.8 Å². The van der Waals surface area contributed by atoms with Crippen molar-refractivity contribution in [1.29, 1.82) is 0 Å². The Morgan fingerprint density at radius 1 is 1.14 bits per heavy atom. The molecule has 1 saturated heterocycles. The summed E-state index contributed by atoms with van der Waals surface area (Å²) in [6.45, 7) is 1.70. The van der Waals surface area contributed by atoms with Crippen LogP contribution in [0.2, 0.25) is 10.0 Å². The number of hydrogen-bond donors (Lipinski definition) is 3. The van der Waals surface area contributed by atoms with Crippen LogP contribution >= 0.6 is 35.0 Å². The molecule has 0 spiro atoms. The van der Waals surface area contributed by atoms with Crippen LogP contribution in [-0.4, -0.2) is 23.1 Å². The molecule has 1 aromatic carbocycles. The van der Waals surface area contributed by atoms with E-state index in [2.05, 4.69) is 15.3 Å². The fourth-order valence-corrected chi connectivity index (χ4v) is 3.30. The molecule has 1 fully saturated rings. The zero-order chi connectivity index (χ0) is 15.0. The third-order valence-corrected chi connectivity index (χ3v) is 5.22. The van der Waals surface area contributed by atoms with E-state index in [0.29, 0.717) is 26.7 Å². The smallest absolute Gasteiger partial charge is 0.158 e. The number of benzene rings is 1. The third kappa shape index (κ3) is 2.89. The van der Waals surface area contributed by atoms with Crippen LogP contribution in [0.3, 0.4) is 0 Å². The number of aromatic nitrogens is 2. The van der Waals surface area contributed by atoms with Crippen molar-refractivity contribution in [3.8, 4) is 0 Å². The first-order valence-electron chi connectivity index (χ1n) is 6.31. The largest absolute Gasteiger partial charge is 0.382 e.